The molecule has 2 rings (SSSR count). The number of imide groups is 1. The Morgan fingerprint density at radius 2 is 1.96 bits per heavy atom. The number of esters is 1. The molecule has 1 aliphatic heterocycles. The number of hydrogen-bond donors (Lipinski definition) is 3. The van der Waals surface area contributed by atoms with E-state index in [4.69, 9.17) is 15.9 Å². The number of nitrogens with zero attached hydrogens (tertiary/aromatic N) is 1. The summed E-state index contributed by atoms with van der Waals surface area (Å²) in [4.78, 5) is 36.9. The number of hydrogen-bond acceptors (Lipinski definition) is 5. The van der Waals surface area contributed by atoms with Crippen LogP contribution in [-0.4, -0.2) is 41.8 Å². The summed E-state index contributed by atoms with van der Waals surface area (Å²) in [6, 6.07) is 5.76. The van der Waals surface area contributed by atoms with E-state index in [1.165, 1.54) is 0 Å². The predicted octanol–water partition coefficient (Wildman–Crippen LogP) is 0.301. The fourth-order valence-electron chi connectivity index (χ4n) is 2.36. The molecule has 0 aromatic heterocycles. The zero-order chi connectivity index (χ0) is 17.2. The van der Waals surface area contributed by atoms with E-state index in [2.05, 4.69) is 5.32 Å². The van der Waals surface area contributed by atoms with E-state index in [0.29, 0.717) is 11.1 Å². The van der Waals surface area contributed by atoms with Crippen molar-refractivity contribution in [1.29, 1.82) is 5.41 Å². The second-order valence-corrected chi connectivity index (χ2v) is 5.24. The summed E-state index contributed by atoms with van der Waals surface area (Å²) in [5.41, 5.74) is 5.16. The van der Waals surface area contributed by atoms with Crippen LogP contribution in [0.5, 0.6) is 0 Å². The first-order valence-electron chi connectivity index (χ1n) is 7.04. The number of amidine groups is 1. The quantitative estimate of drug-likeness (QED) is 0.311. The number of nitrogens with two attached hydrogens (primary N) is 1. The van der Waals surface area contributed by atoms with Crippen LogP contribution in [0.2, 0.25) is 0 Å². The number of amides is 3. The third-order valence-corrected chi connectivity index (χ3v) is 3.64. The maximum Gasteiger partial charge on any atom is 0.326 e. The summed E-state index contributed by atoms with van der Waals surface area (Å²) in [6.07, 6.45) is 0. The zero-order valence-corrected chi connectivity index (χ0v) is 12.9. The highest BCUT2D eigenvalue weighted by Gasteiger charge is 2.49. The summed E-state index contributed by atoms with van der Waals surface area (Å²) < 4.78 is 4.77. The van der Waals surface area contributed by atoms with Crippen LogP contribution < -0.4 is 11.1 Å². The Kier molecular flexibility index (Phi) is 4.35. The van der Waals surface area contributed by atoms with Crippen molar-refractivity contribution < 1.29 is 19.1 Å². The molecule has 122 valence electrons. The van der Waals surface area contributed by atoms with Crippen molar-refractivity contribution >= 4 is 23.7 Å². The van der Waals surface area contributed by atoms with Crippen molar-refractivity contribution in [2.24, 2.45) is 5.73 Å². The molecule has 0 saturated carbocycles. The zero-order valence-electron chi connectivity index (χ0n) is 12.9. The Hall–Kier alpha value is -2.90. The molecule has 1 saturated heterocycles. The van der Waals surface area contributed by atoms with Gasteiger partial charge in [-0.05, 0) is 19.4 Å². The number of urea groups is 1. The summed E-state index contributed by atoms with van der Waals surface area (Å²) in [5.74, 6) is -1.27. The molecule has 1 unspecified atom stereocenters. The van der Waals surface area contributed by atoms with Crippen molar-refractivity contribution in [3.63, 3.8) is 0 Å². The molecule has 4 N–H and O–H groups in total. The van der Waals surface area contributed by atoms with Gasteiger partial charge in [0, 0.05) is 5.56 Å². The van der Waals surface area contributed by atoms with E-state index in [1.807, 2.05) is 0 Å². The summed E-state index contributed by atoms with van der Waals surface area (Å²) in [5, 5.41) is 9.95. The molecule has 1 aromatic rings. The van der Waals surface area contributed by atoms with E-state index in [1.54, 1.807) is 38.1 Å². The molecule has 8 nitrogen and oxygen atoms in total. The Bertz CT molecular complexity index is 671. The van der Waals surface area contributed by atoms with Crippen LogP contribution in [0.15, 0.2) is 24.3 Å². The van der Waals surface area contributed by atoms with Crippen LogP contribution in [0.3, 0.4) is 0 Å². The molecule has 0 radical (unpaired) electrons. The minimum Gasteiger partial charge on any atom is -0.465 e. The summed E-state index contributed by atoms with van der Waals surface area (Å²) >= 11 is 0. The maximum absolute atomic E-state index is 12.6. The van der Waals surface area contributed by atoms with Crippen LogP contribution in [-0.2, 0) is 19.9 Å². The third-order valence-electron chi connectivity index (χ3n) is 3.64. The van der Waals surface area contributed by atoms with E-state index in [9.17, 15) is 14.4 Å². The Balaban J connectivity index is 2.25. The Morgan fingerprint density at radius 3 is 2.48 bits per heavy atom. The summed E-state index contributed by atoms with van der Waals surface area (Å²) in [6.45, 7) is 2.94. The monoisotopic (exact) mass is 318 g/mol. The van der Waals surface area contributed by atoms with Gasteiger partial charge in [-0.3, -0.25) is 19.9 Å². The second kappa shape index (κ2) is 6.07. The molecule has 0 spiro atoms. The highest BCUT2D eigenvalue weighted by atomic mass is 16.5. The first-order chi connectivity index (χ1) is 10.8. The van der Waals surface area contributed by atoms with Crippen molar-refractivity contribution in [3.05, 3.63) is 35.4 Å². The maximum atomic E-state index is 12.6. The minimum absolute atomic E-state index is 0.0903. The molecule has 1 heterocycles. The number of nitrogen functional groups attached to an aromatic ring is 1. The van der Waals surface area contributed by atoms with Crippen molar-refractivity contribution in [1.82, 2.24) is 10.2 Å². The van der Waals surface area contributed by atoms with Crippen LogP contribution in [0.4, 0.5) is 4.79 Å². The Labute approximate surface area is 133 Å². The predicted molar refractivity (Wildman–Crippen MR) is 81.7 cm³/mol. The van der Waals surface area contributed by atoms with Gasteiger partial charge in [0.1, 0.15) is 17.9 Å². The highest BCUT2D eigenvalue weighted by Crippen LogP contribution is 2.28. The molecule has 1 atom stereocenters. The molecule has 0 bridgehead atoms. The minimum atomic E-state index is -1.28. The standard InChI is InChI=1S/C15H18N4O4/c1-3-23-11(20)8-19-13(21)15(2,18-14(19)22)10-6-4-9(5-7-10)12(16)17/h4-7H,3,8H2,1-2H3,(H3,16,17)(H,18,22). The molecular weight excluding hydrogens is 300 g/mol. The molecule has 3 amide bonds. The van der Waals surface area contributed by atoms with Crippen LogP contribution in [0.1, 0.15) is 25.0 Å². The SMILES string of the molecule is CCOC(=O)CN1C(=O)NC(C)(c2ccc(C(=N)N)cc2)C1=O. The largest absolute Gasteiger partial charge is 0.465 e. The number of ether oxygens (including phenoxy) is 1. The van der Waals surface area contributed by atoms with Crippen LogP contribution in [0.25, 0.3) is 0 Å². The first kappa shape index (κ1) is 16.5. The van der Waals surface area contributed by atoms with E-state index < -0.39 is 30.0 Å². The van der Waals surface area contributed by atoms with E-state index >= 15 is 0 Å². The van der Waals surface area contributed by atoms with Gasteiger partial charge in [-0.2, -0.15) is 0 Å². The van der Waals surface area contributed by atoms with Crippen molar-refractivity contribution in [2.45, 2.75) is 19.4 Å². The topological polar surface area (TPSA) is 126 Å². The van der Waals surface area contributed by atoms with Gasteiger partial charge in [-0.1, -0.05) is 24.3 Å². The lowest BCUT2D eigenvalue weighted by Crippen LogP contribution is -2.41. The van der Waals surface area contributed by atoms with Crippen LogP contribution >= 0.6 is 0 Å². The molecule has 8 heteroatoms. The summed E-state index contributed by atoms with van der Waals surface area (Å²) in [7, 11) is 0. The Morgan fingerprint density at radius 1 is 1.35 bits per heavy atom. The van der Waals surface area contributed by atoms with Gasteiger partial charge >= 0.3 is 12.0 Å². The van der Waals surface area contributed by atoms with Crippen molar-refractivity contribution in [3.8, 4) is 0 Å². The second-order valence-electron chi connectivity index (χ2n) is 5.24. The van der Waals surface area contributed by atoms with E-state index in [0.717, 1.165) is 4.90 Å². The number of rotatable bonds is 5. The lowest BCUT2D eigenvalue weighted by Gasteiger charge is -2.22. The van der Waals surface area contributed by atoms with Gasteiger partial charge in [0.15, 0.2) is 0 Å². The lowest BCUT2D eigenvalue weighted by molar-refractivity contribution is -0.147. The smallest absolute Gasteiger partial charge is 0.326 e. The van der Waals surface area contributed by atoms with Gasteiger partial charge < -0.3 is 15.8 Å². The lowest BCUT2D eigenvalue weighted by atomic mass is 9.91. The fraction of sp³-hybridized carbons (Fsp3) is 0.333. The van der Waals surface area contributed by atoms with Crippen molar-refractivity contribution in [2.75, 3.05) is 13.2 Å². The van der Waals surface area contributed by atoms with Gasteiger partial charge in [0.25, 0.3) is 5.91 Å². The highest BCUT2D eigenvalue weighted by molar-refractivity contribution is 6.09. The van der Waals surface area contributed by atoms with Gasteiger partial charge in [-0.25, -0.2) is 4.79 Å². The van der Waals surface area contributed by atoms with Crippen LogP contribution in [0, 0.1) is 5.41 Å². The average molecular weight is 318 g/mol. The number of carbonyl (C=O) groups is 3. The number of benzene rings is 1. The third kappa shape index (κ3) is 3.01. The molecule has 23 heavy (non-hydrogen) atoms. The van der Waals surface area contributed by atoms with E-state index in [-0.39, 0.29) is 12.4 Å². The fourth-order valence-corrected chi connectivity index (χ4v) is 2.36. The number of carbonyl (C=O) groups excluding carboxylic acids is 3. The molecule has 1 aliphatic rings. The van der Waals surface area contributed by atoms with Gasteiger partial charge in [0.05, 0.1) is 6.61 Å². The average Bonchev–Trinajstić information content (AvgIpc) is 2.72. The van der Waals surface area contributed by atoms with Gasteiger partial charge in [0.2, 0.25) is 0 Å². The van der Waals surface area contributed by atoms with Gasteiger partial charge in [-0.15, -0.1) is 0 Å². The normalized spacial score (nSPS) is 20.3. The molecule has 0 aliphatic carbocycles. The molecule has 1 aromatic carbocycles. The first-order valence-corrected chi connectivity index (χ1v) is 7.04. The number of nitrogens with one attached hydrogen (secondary N) is 2. The molecule has 1 fully saturated rings. The molecular formula is C15H18N4O4.